The van der Waals surface area contributed by atoms with Crippen LogP contribution in [0.15, 0.2) is 61.1 Å². The number of rotatable bonds is 3. The van der Waals surface area contributed by atoms with E-state index in [9.17, 15) is 9.59 Å². The second kappa shape index (κ2) is 8.18. The molecule has 0 aliphatic carbocycles. The maximum atomic E-state index is 13.1. The van der Waals surface area contributed by atoms with Gasteiger partial charge in [0.2, 0.25) is 11.7 Å². The number of aryl methyl sites for hydroxylation is 1. The first-order chi connectivity index (χ1) is 15.6. The molecule has 1 N–H and O–H groups in total. The summed E-state index contributed by atoms with van der Waals surface area (Å²) in [6.07, 6.45) is 6.99. The van der Waals surface area contributed by atoms with Crippen LogP contribution in [0.3, 0.4) is 0 Å². The Morgan fingerprint density at radius 1 is 1.09 bits per heavy atom. The van der Waals surface area contributed by atoms with Crippen molar-refractivity contribution in [3.8, 4) is 5.82 Å². The SMILES string of the molecule is CN1C(=O)[C@@H](NC(=O)c2ncc3cnn(-c4ccccn4)c3n2)CCCc2ccccc21. The number of anilines is 1. The fourth-order valence-electron chi connectivity index (χ4n) is 3.95. The minimum absolute atomic E-state index is 0.0203. The molecule has 32 heavy (non-hydrogen) atoms. The predicted molar refractivity (Wildman–Crippen MR) is 118 cm³/mol. The molecule has 5 rings (SSSR count). The maximum Gasteiger partial charge on any atom is 0.289 e. The van der Waals surface area contributed by atoms with Crippen LogP contribution >= 0.6 is 0 Å². The van der Waals surface area contributed by atoms with Gasteiger partial charge in [0.25, 0.3) is 5.91 Å². The number of benzene rings is 1. The second-order valence-electron chi connectivity index (χ2n) is 7.66. The summed E-state index contributed by atoms with van der Waals surface area (Å²) in [5.74, 6) is -0.0949. The van der Waals surface area contributed by atoms with Crippen LogP contribution in [-0.2, 0) is 11.2 Å². The third kappa shape index (κ3) is 3.58. The van der Waals surface area contributed by atoms with E-state index < -0.39 is 11.9 Å². The molecule has 0 radical (unpaired) electrons. The van der Waals surface area contributed by atoms with Crippen molar-refractivity contribution >= 4 is 28.5 Å². The summed E-state index contributed by atoms with van der Waals surface area (Å²) in [5, 5.41) is 7.82. The molecule has 9 nitrogen and oxygen atoms in total. The number of carbonyl (C=O) groups is 2. The molecule has 1 atom stereocenters. The van der Waals surface area contributed by atoms with Crippen molar-refractivity contribution in [2.75, 3.05) is 11.9 Å². The van der Waals surface area contributed by atoms with Crippen LogP contribution in [0.2, 0.25) is 0 Å². The van der Waals surface area contributed by atoms with Gasteiger partial charge in [0, 0.05) is 25.1 Å². The molecular formula is C23H21N7O2. The minimum atomic E-state index is -0.652. The Bertz CT molecular complexity index is 1300. The van der Waals surface area contributed by atoms with E-state index in [-0.39, 0.29) is 11.7 Å². The quantitative estimate of drug-likeness (QED) is 0.538. The lowest BCUT2D eigenvalue weighted by Gasteiger charge is -2.28. The summed E-state index contributed by atoms with van der Waals surface area (Å²) in [6.45, 7) is 0. The van der Waals surface area contributed by atoms with Crippen molar-refractivity contribution in [2.45, 2.75) is 25.3 Å². The number of aromatic nitrogens is 5. The molecular weight excluding hydrogens is 406 g/mol. The highest BCUT2D eigenvalue weighted by Crippen LogP contribution is 2.25. The number of pyridine rings is 1. The zero-order valence-electron chi connectivity index (χ0n) is 17.5. The summed E-state index contributed by atoms with van der Waals surface area (Å²) in [7, 11) is 1.74. The zero-order chi connectivity index (χ0) is 22.1. The van der Waals surface area contributed by atoms with E-state index in [0.717, 1.165) is 24.1 Å². The molecule has 0 unspecified atom stereocenters. The smallest absolute Gasteiger partial charge is 0.289 e. The van der Waals surface area contributed by atoms with Crippen LogP contribution in [0.25, 0.3) is 16.9 Å². The minimum Gasteiger partial charge on any atom is -0.337 e. The lowest BCUT2D eigenvalue weighted by molar-refractivity contribution is -0.120. The normalized spacial score (nSPS) is 16.3. The summed E-state index contributed by atoms with van der Waals surface area (Å²) in [6, 6.07) is 12.6. The molecule has 160 valence electrons. The third-order valence-electron chi connectivity index (χ3n) is 5.60. The average molecular weight is 427 g/mol. The molecule has 1 aliphatic rings. The van der Waals surface area contributed by atoms with Crippen molar-refractivity contribution in [1.82, 2.24) is 30.0 Å². The van der Waals surface area contributed by atoms with Gasteiger partial charge in [-0.1, -0.05) is 24.3 Å². The molecule has 1 aromatic carbocycles. The molecule has 0 bridgehead atoms. The molecule has 0 saturated carbocycles. The van der Waals surface area contributed by atoms with Crippen LogP contribution in [0, 0.1) is 0 Å². The van der Waals surface area contributed by atoms with E-state index in [1.165, 1.54) is 0 Å². The van der Waals surface area contributed by atoms with Crippen molar-refractivity contribution in [2.24, 2.45) is 0 Å². The van der Waals surface area contributed by atoms with Crippen molar-refractivity contribution in [3.63, 3.8) is 0 Å². The highest BCUT2D eigenvalue weighted by molar-refractivity contribution is 6.01. The lowest BCUT2D eigenvalue weighted by atomic mass is 9.98. The van der Waals surface area contributed by atoms with Gasteiger partial charge in [0.15, 0.2) is 11.5 Å². The summed E-state index contributed by atoms with van der Waals surface area (Å²) in [4.78, 5) is 40.5. The first kappa shape index (κ1) is 19.8. The Balaban J connectivity index is 1.40. The molecule has 4 heterocycles. The third-order valence-corrected chi connectivity index (χ3v) is 5.60. The molecule has 1 aliphatic heterocycles. The van der Waals surface area contributed by atoms with Gasteiger partial charge in [-0.2, -0.15) is 9.78 Å². The first-order valence-corrected chi connectivity index (χ1v) is 10.4. The number of nitrogens with zero attached hydrogens (tertiary/aromatic N) is 6. The van der Waals surface area contributed by atoms with E-state index in [2.05, 4.69) is 25.4 Å². The van der Waals surface area contributed by atoms with E-state index in [0.29, 0.717) is 23.3 Å². The fraction of sp³-hybridized carbons (Fsp3) is 0.217. The Hall–Kier alpha value is -4.14. The molecule has 9 heteroatoms. The number of para-hydroxylation sites is 1. The Kier molecular flexibility index (Phi) is 5.06. The molecule has 4 aromatic rings. The van der Waals surface area contributed by atoms with Gasteiger partial charge in [-0.05, 0) is 43.0 Å². The Labute approximate surface area is 184 Å². The number of carbonyl (C=O) groups excluding carboxylic acids is 2. The number of hydrogen-bond donors (Lipinski definition) is 1. The van der Waals surface area contributed by atoms with Crippen LogP contribution in [0.5, 0.6) is 0 Å². The largest absolute Gasteiger partial charge is 0.337 e. The molecule has 3 aromatic heterocycles. The molecule has 2 amide bonds. The monoisotopic (exact) mass is 427 g/mol. The number of fused-ring (bicyclic) bond motifs is 2. The number of nitrogens with one attached hydrogen (secondary N) is 1. The lowest BCUT2D eigenvalue weighted by Crippen LogP contribution is -2.48. The second-order valence-corrected chi connectivity index (χ2v) is 7.66. The van der Waals surface area contributed by atoms with Crippen molar-refractivity contribution in [1.29, 1.82) is 0 Å². The van der Waals surface area contributed by atoms with Gasteiger partial charge < -0.3 is 10.2 Å². The Morgan fingerprint density at radius 3 is 2.78 bits per heavy atom. The van der Waals surface area contributed by atoms with Gasteiger partial charge >= 0.3 is 0 Å². The summed E-state index contributed by atoms with van der Waals surface area (Å²) >= 11 is 0. The average Bonchev–Trinajstić information content (AvgIpc) is 3.26. The molecule has 0 saturated heterocycles. The highest BCUT2D eigenvalue weighted by Gasteiger charge is 2.28. The van der Waals surface area contributed by atoms with Crippen LogP contribution < -0.4 is 10.2 Å². The van der Waals surface area contributed by atoms with Gasteiger partial charge in [-0.25, -0.2) is 15.0 Å². The standard InChI is InChI=1S/C23H21N7O2/c1-29-18-10-3-2-7-15(18)8-6-9-17(23(29)32)27-22(31)20-25-13-16-14-26-30(21(16)28-20)19-11-4-5-12-24-19/h2-5,7,10-14,17H,6,8-9H2,1H3,(H,27,31)/t17-/m0/s1. The van der Waals surface area contributed by atoms with E-state index in [1.54, 1.807) is 41.3 Å². The zero-order valence-corrected chi connectivity index (χ0v) is 17.5. The maximum absolute atomic E-state index is 13.1. The van der Waals surface area contributed by atoms with E-state index in [1.807, 2.05) is 36.4 Å². The van der Waals surface area contributed by atoms with Gasteiger partial charge in [-0.15, -0.1) is 0 Å². The first-order valence-electron chi connectivity index (χ1n) is 10.4. The van der Waals surface area contributed by atoms with E-state index >= 15 is 0 Å². The topological polar surface area (TPSA) is 106 Å². The summed E-state index contributed by atoms with van der Waals surface area (Å²) < 4.78 is 1.56. The molecule has 0 spiro atoms. The highest BCUT2D eigenvalue weighted by atomic mass is 16.2. The van der Waals surface area contributed by atoms with Gasteiger partial charge in [0.1, 0.15) is 6.04 Å². The summed E-state index contributed by atoms with van der Waals surface area (Å²) in [5.41, 5.74) is 2.47. The van der Waals surface area contributed by atoms with Crippen LogP contribution in [0.1, 0.15) is 29.0 Å². The number of amides is 2. The van der Waals surface area contributed by atoms with Gasteiger partial charge in [-0.3, -0.25) is 9.59 Å². The van der Waals surface area contributed by atoms with Crippen molar-refractivity contribution < 1.29 is 9.59 Å². The van der Waals surface area contributed by atoms with Crippen LogP contribution in [0.4, 0.5) is 5.69 Å². The number of likely N-dealkylation sites (N-methyl/N-ethyl adjacent to an activating group) is 1. The number of hydrogen-bond acceptors (Lipinski definition) is 6. The van der Waals surface area contributed by atoms with Crippen molar-refractivity contribution in [3.05, 3.63) is 72.4 Å². The Morgan fingerprint density at radius 2 is 1.94 bits per heavy atom. The van der Waals surface area contributed by atoms with E-state index in [4.69, 9.17) is 0 Å². The molecule has 0 fully saturated rings. The van der Waals surface area contributed by atoms with Crippen LogP contribution in [-0.4, -0.2) is 49.6 Å². The predicted octanol–water partition coefficient (Wildman–Crippen LogP) is 2.31. The van der Waals surface area contributed by atoms with Gasteiger partial charge in [0.05, 0.1) is 11.6 Å². The fourth-order valence-corrected chi connectivity index (χ4v) is 3.95.